The van der Waals surface area contributed by atoms with E-state index >= 15 is 0 Å². The molecule has 0 fully saturated rings. The molecule has 0 spiro atoms. The van der Waals surface area contributed by atoms with Gasteiger partial charge in [-0.1, -0.05) is 146 Å². The molecule has 288 valence electrons. The van der Waals surface area contributed by atoms with Crippen LogP contribution in [-0.2, 0) is 26.5 Å². The minimum atomic E-state index is -3.12. The van der Waals surface area contributed by atoms with Crippen LogP contribution in [0.3, 0.4) is 0 Å². The summed E-state index contributed by atoms with van der Waals surface area (Å²) in [6.45, 7) is 4.71. The molecule has 0 unspecified atom stereocenters. The summed E-state index contributed by atoms with van der Waals surface area (Å²) in [4.78, 5) is 12.6. The molecule has 7 aromatic carbocycles. The Balaban J connectivity index is 0.00000408. The third kappa shape index (κ3) is 5.21. The molecule has 0 bridgehead atoms. The maximum Gasteiger partial charge on any atom is 2.00 e. The van der Waals surface area contributed by atoms with Crippen LogP contribution in [0, 0.1) is 12.1 Å². The molecule has 7 heteroatoms. The van der Waals surface area contributed by atoms with Crippen molar-refractivity contribution in [2.45, 2.75) is 29.1 Å². The van der Waals surface area contributed by atoms with Crippen LogP contribution in [0.2, 0.25) is 0 Å². The van der Waals surface area contributed by atoms with Crippen LogP contribution in [-0.4, -0.2) is 27.0 Å². The first kappa shape index (κ1) is 37.0. The molecule has 0 saturated carbocycles. The van der Waals surface area contributed by atoms with Crippen molar-refractivity contribution in [1.82, 2.24) is 18.9 Å². The second-order valence-electron chi connectivity index (χ2n) is 16.0. The van der Waals surface area contributed by atoms with Gasteiger partial charge in [-0.2, -0.15) is 23.4 Å². The molecule has 0 aliphatic carbocycles. The molecule has 0 N–H and O–H groups in total. The summed E-state index contributed by atoms with van der Waals surface area (Å²) in [6.07, 6.45) is 5.87. The first-order valence-electron chi connectivity index (χ1n) is 20.1. The Morgan fingerprint density at radius 1 is 0.550 bits per heavy atom. The van der Waals surface area contributed by atoms with Crippen LogP contribution in [0.4, 0.5) is 0 Å². The second-order valence-corrected chi connectivity index (χ2v) is 20.8. The Bertz CT molecular complexity index is 3430. The molecule has 1 aliphatic heterocycles. The van der Waals surface area contributed by atoms with E-state index in [0.29, 0.717) is 0 Å². The van der Waals surface area contributed by atoms with E-state index in [1.165, 1.54) is 47.6 Å². The summed E-state index contributed by atoms with van der Waals surface area (Å²) in [7, 11) is -3.12. The summed E-state index contributed by atoms with van der Waals surface area (Å²) < 4.78 is 4.58. The molecule has 12 rings (SSSR count). The normalized spacial score (nSPS) is 13.4. The molecular formula is C53H36N4PtSSi. The maximum absolute atomic E-state index is 5.10. The molecule has 5 heterocycles. The van der Waals surface area contributed by atoms with Gasteiger partial charge in [0.15, 0.2) is 0 Å². The summed E-state index contributed by atoms with van der Waals surface area (Å²) in [5.74, 6) is 0. The minimum absolute atomic E-state index is 0. The zero-order valence-corrected chi connectivity index (χ0v) is 36.9. The molecule has 0 amide bonds. The third-order valence-corrected chi connectivity index (χ3v) is 18.4. The summed E-state index contributed by atoms with van der Waals surface area (Å²) in [6, 6.07) is 68.1. The Morgan fingerprint density at radius 2 is 1.23 bits per heavy atom. The van der Waals surface area contributed by atoms with E-state index in [1.807, 2.05) is 24.2 Å². The van der Waals surface area contributed by atoms with Gasteiger partial charge < -0.3 is 8.97 Å². The fraction of sp³-hybridized carbons (Fsp3) is 0.0566. The number of nitrogens with zero attached hydrogens (tertiary/aromatic N) is 4. The monoisotopic (exact) mass is 983 g/mol. The van der Waals surface area contributed by atoms with Crippen LogP contribution >= 0.6 is 11.8 Å². The number of imidazole rings is 1. The fourth-order valence-corrected chi connectivity index (χ4v) is 16.0. The SMILES string of the molecule is CC1(C)c2ccccc2Sc2c1ccc1c3cccnc3n(-c3[c-]c([Si](c4[c-]c5c(cc4)c4ccccc4n4ccnc54)(c4ccccc4)c4ccccc4)ccc3)c21.[Pt+2]. The van der Waals surface area contributed by atoms with E-state index < -0.39 is 8.07 Å². The van der Waals surface area contributed by atoms with E-state index in [0.717, 1.165) is 49.0 Å². The van der Waals surface area contributed by atoms with Crippen molar-refractivity contribution in [2.75, 3.05) is 0 Å². The quantitative estimate of drug-likeness (QED) is 0.0747. The molecular weight excluding hydrogens is 948 g/mol. The first-order valence-corrected chi connectivity index (χ1v) is 22.9. The number of rotatable bonds is 5. The smallest absolute Gasteiger partial charge is 0.340 e. The van der Waals surface area contributed by atoms with Gasteiger partial charge in [-0.25, -0.2) is 4.98 Å². The Morgan fingerprint density at radius 3 is 2.05 bits per heavy atom. The Kier molecular flexibility index (Phi) is 8.65. The summed E-state index contributed by atoms with van der Waals surface area (Å²) in [5.41, 5.74) is 7.63. The van der Waals surface area contributed by atoms with E-state index in [1.54, 1.807) is 0 Å². The van der Waals surface area contributed by atoms with Gasteiger partial charge in [0, 0.05) is 50.1 Å². The number of para-hydroxylation sites is 1. The van der Waals surface area contributed by atoms with Gasteiger partial charge in [-0.05, 0) is 51.2 Å². The van der Waals surface area contributed by atoms with E-state index in [2.05, 4.69) is 205 Å². The zero-order valence-electron chi connectivity index (χ0n) is 32.8. The number of hydrogen-bond donors (Lipinski definition) is 0. The van der Waals surface area contributed by atoms with E-state index in [9.17, 15) is 0 Å². The molecule has 0 saturated heterocycles. The van der Waals surface area contributed by atoms with Crippen molar-refractivity contribution < 1.29 is 21.1 Å². The van der Waals surface area contributed by atoms with Crippen LogP contribution in [0.15, 0.2) is 192 Å². The largest absolute Gasteiger partial charge is 2.00 e. The van der Waals surface area contributed by atoms with Gasteiger partial charge in [0.2, 0.25) is 0 Å². The molecule has 4 aromatic heterocycles. The molecule has 4 nitrogen and oxygen atoms in total. The average molecular weight is 984 g/mol. The second kappa shape index (κ2) is 14.0. The number of benzene rings is 7. The van der Waals surface area contributed by atoms with Gasteiger partial charge in [0.05, 0.1) is 11.2 Å². The first-order chi connectivity index (χ1) is 29.0. The topological polar surface area (TPSA) is 35.1 Å². The van der Waals surface area contributed by atoms with Gasteiger partial charge in [-0.3, -0.25) is 4.98 Å². The van der Waals surface area contributed by atoms with Crippen LogP contribution in [0.5, 0.6) is 0 Å². The molecule has 60 heavy (non-hydrogen) atoms. The molecule has 1 aliphatic rings. The van der Waals surface area contributed by atoms with Gasteiger partial charge in [0.25, 0.3) is 0 Å². The third-order valence-electron chi connectivity index (χ3n) is 12.6. The van der Waals surface area contributed by atoms with Crippen LogP contribution in [0.25, 0.3) is 54.9 Å². The van der Waals surface area contributed by atoms with E-state index in [4.69, 9.17) is 9.97 Å². The number of aromatic nitrogens is 4. The minimum Gasteiger partial charge on any atom is -0.340 e. The van der Waals surface area contributed by atoms with Crippen molar-refractivity contribution in [3.8, 4) is 5.69 Å². The van der Waals surface area contributed by atoms with Crippen LogP contribution < -0.4 is 20.7 Å². The zero-order chi connectivity index (χ0) is 39.3. The van der Waals surface area contributed by atoms with Crippen molar-refractivity contribution in [3.63, 3.8) is 0 Å². The predicted octanol–water partition coefficient (Wildman–Crippen LogP) is 9.90. The average Bonchev–Trinajstić information content (AvgIpc) is 3.92. The van der Waals surface area contributed by atoms with Crippen molar-refractivity contribution in [3.05, 3.63) is 206 Å². The van der Waals surface area contributed by atoms with Gasteiger partial charge in [0.1, 0.15) is 13.7 Å². The Labute approximate surface area is 367 Å². The Hall–Kier alpha value is -6.04. The van der Waals surface area contributed by atoms with Crippen molar-refractivity contribution in [1.29, 1.82) is 0 Å². The predicted molar refractivity (Wildman–Crippen MR) is 246 cm³/mol. The number of pyridine rings is 2. The van der Waals surface area contributed by atoms with E-state index in [-0.39, 0.29) is 26.5 Å². The van der Waals surface area contributed by atoms with Crippen molar-refractivity contribution in [2.24, 2.45) is 0 Å². The summed E-state index contributed by atoms with van der Waals surface area (Å²) >= 11 is 1.88. The fourth-order valence-electron chi connectivity index (χ4n) is 9.88. The number of hydrogen-bond acceptors (Lipinski definition) is 3. The molecule has 0 radical (unpaired) electrons. The molecule has 0 atom stereocenters. The summed E-state index contributed by atoms with van der Waals surface area (Å²) in [5, 5.41) is 10.5. The standard InChI is InChI=1S/C53H36N4SSi.Pt/c1-53(2)45-23-10-12-25-48(45)58-50-46(53)29-28-42-43-22-14-30-54-52(43)57(49(42)50)35-15-13-20-38(33-35)59(36-16-5-3-6-17-36,37-18-7-4-8-19-37)39-26-27-40-41-21-9-11-24-47(41)56-32-31-55-51(56)44(40)34-39;/h3-32H,1-2H3;/q-2;+2. The van der Waals surface area contributed by atoms with Crippen molar-refractivity contribution >= 4 is 89.8 Å². The molecule has 11 aromatic rings. The van der Waals surface area contributed by atoms with Crippen LogP contribution in [0.1, 0.15) is 25.0 Å². The van der Waals surface area contributed by atoms with Gasteiger partial charge >= 0.3 is 21.1 Å². The maximum atomic E-state index is 5.10. The number of fused-ring (bicyclic) bond motifs is 12. The van der Waals surface area contributed by atoms with Gasteiger partial charge in [-0.15, -0.1) is 34.8 Å².